The predicted octanol–water partition coefficient (Wildman–Crippen LogP) is 2.33. The van der Waals surface area contributed by atoms with Crippen LogP contribution in [-0.4, -0.2) is 17.9 Å². The van der Waals surface area contributed by atoms with Gasteiger partial charge in [0.15, 0.2) is 0 Å². The number of Topliss-reactive ketones (excluding diaryl/α,β-unsaturated/α-hetero) is 1. The van der Waals surface area contributed by atoms with Gasteiger partial charge in [-0.25, -0.2) is 0 Å². The summed E-state index contributed by atoms with van der Waals surface area (Å²) in [5.41, 5.74) is 0.00269. The first-order chi connectivity index (χ1) is 8.00. The molecule has 3 rings (SSSR count). The molecule has 0 radical (unpaired) electrons. The normalized spacial score (nSPS) is 43.9. The van der Waals surface area contributed by atoms with Crippen molar-refractivity contribution < 1.29 is 14.3 Å². The molecule has 1 heterocycles. The van der Waals surface area contributed by atoms with Crippen molar-refractivity contribution in [1.29, 1.82) is 0 Å². The summed E-state index contributed by atoms with van der Waals surface area (Å²) in [5.74, 6) is 0.534. The minimum Gasteiger partial charge on any atom is -0.462 e. The lowest BCUT2D eigenvalue weighted by atomic mass is 9.69. The van der Waals surface area contributed by atoms with Gasteiger partial charge in [-0.05, 0) is 24.7 Å². The van der Waals surface area contributed by atoms with Gasteiger partial charge < -0.3 is 4.74 Å². The van der Waals surface area contributed by atoms with E-state index in [1.807, 2.05) is 0 Å². The molecule has 3 heteroatoms. The van der Waals surface area contributed by atoms with Gasteiger partial charge in [0.25, 0.3) is 0 Å². The highest BCUT2D eigenvalue weighted by atomic mass is 16.6. The summed E-state index contributed by atoms with van der Waals surface area (Å²) in [6, 6.07) is 0. The SMILES string of the molecule is CC1(C)C[C@H]2OC(=O)[C@H]3CCCCC(=O)[C@@H]1[C@H]32. The molecule has 3 aliphatic rings. The van der Waals surface area contributed by atoms with Crippen LogP contribution in [0.2, 0.25) is 0 Å². The third-order valence-corrected chi connectivity index (χ3v) is 4.95. The van der Waals surface area contributed by atoms with Crippen molar-refractivity contribution in [2.24, 2.45) is 23.2 Å². The second kappa shape index (κ2) is 3.56. The Hall–Kier alpha value is -0.860. The molecule has 0 unspecified atom stereocenters. The van der Waals surface area contributed by atoms with E-state index in [2.05, 4.69) is 13.8 Å². The van der Waals surface area contributed by atoms with Gasteiger partial charge in [-0.3, -0.25) is 9.59 Å². The molecule has 0 aromatic heterocycles. The zero-order valence-electron chi connectivity index (χ0n) is 10.6. The molecular weight excluding hydrogens is 216 g/mol. The fourth-order valence-corrected chi connectivity index (χ4v) is 4.30. The van der Waals surface area contributed by atoms with Gasteiger partial charge in [0.2, 0.25) is 0 Å². The maximum Gasteiger partial charge on any atom is 0.309 e. The molecule has 0 aromatic carbocycles. The fraction of sp³-hybridized carbons (Fsp3) is 0.857. The number of ether oxygens (including phenoxy) is 1. The van der Waals surface area contributed by atoms with Crippen molar-refractivity contribution in [3.63, 3.8) is 0 Å². The molecule has 2 aliphatic carbocycles. The molecule has 1 aliphatic heterocycles. The van der Waals surface area contributed by atoms with Gasteiger partial charge >= 0.3 is 5.97 Å². The average Bonchev–Trinajstić information content (AvgIpc) is 2.59. The van der Waals surface area contributed by atoms with Gasteiger partial charge in [-0.2, -0.15) is 0 Å². The van der Waals surface area contributed by atoms with E-state index in [9.17, 15) is 9.59 Å². The van der Waals surface area contributed by atoms with Crippen molar-refractivity contribution in [3.8, 4) is 0 Å². The smallest absolute Gasteiger partial charge is 0.309 e. The topological polar surface area (TPSA) is 43.4 Å². The van der Waals surface area contributed by atoms with Gasteiger partial charge in [0.05, 0.1) is 5.92 Å². The quantitative estimate of drug-likeness (QED) is 0.606. The second-order valence-electron chi connectivity index (χ2n) is 6.54. The molecule has 0 spiro atoms. The van der Waals surface area contributed by atoms with Gasteiger partial charge in [-0.1, -0.05) is 20.3 Å². The highest BCUT2D eigenvalue weighted by Gasteiger charge is 2.60. The Morgan fingerprint density at radius 1 is 1.24 bits per heavy atom. The number of hydrogen-bond donors (Lipinski definition) is 0. The lowest BCUT2D eigenvalue weighted by Crippen LogP contribution is -2.36. The van der Waals surface area contributed by atoms with Crippen LogP contribution in [0, 0.1) is 23.2 Å². The van der Waals surface area contributed by atoms with E-state index in [0.717, 1.165) is 25.7 Å². The molecule has 4 atom stereocenters. The molecule has 3 fully saturated rings. The number of ketones is 1. The van der Waals surface area contributed by atoms with E-state index in [1.54, 1.807) is 0 Å². The van der Waals surface area contributed by atoms with Crippen molar-refractivity contribution in [1.82, 2.24) is 0 Å². The highest BCUT2D eigenvalue weighted by molar-refractivity contribution is 5.85. The van der Waals surface area contributed by atoms with Crippen LogP contribution in [-0.2, 0) is 14.3 Å². The number of carbonyl (C=O) groups excluding carboxylic acids is 2. The van der Waals surface area contributed by atoms with E-state index >= 15 is 0 Å². The van der Waals surface area contributed by atoms with Crippen LogP contribution >= 0.6 is 0 Å². The first kappa shape index (κ1) is 11.2. The summed E-state index contributed by atoms with van der Waals surface area (Å²) >= 11 is 0. The zero-order chi connectivity index (χ0) is 12.2. The summed E-state index contributed by atoms with van der Waals surface area (Å²) in [7, 11) is 0. The number of hydrogen-bond acceptors (Lipinski definition) is 3. The van der Waals surface area contributed by atoms with E-state index < -0.39 is 0 Å². The first-order valence-electron chi connectivity index (χ1n) is 6.74. The van der Waals surface area contributed by atoms with Crippen LogP contribution < -0.4 is 0 Å². The van der Waals surface area contributed by atoms with E-state index in [-0.39, 0.29) is 35.2 Å². The molecule has 0 N–H and O–H groups in total. The second-order valence-corrected chi connectivity index (χ2v) is 6.54. The van der Waals surface area contributed by atoms with E-state index in [0.29, 0.717) is 12.2 Å². The van der Waals surface area contributed by atoms with Crippen LogP contribution in [0.3, 0.4) is 0 Å². The molecular formula is C14H20O3. The maximum atomic E-state index is 12.3. The Kier molecular flexibility index (Phi) is 2.36. The monoisotopic (exact) mass is 236 g/mol. The van der Waals surface area contributed by atoms with Crippen molar-refractivity contribution in [2.75, 3.05) is 0 Å². The Labute approximate surface area is 102 Å². The summed E-state index contributed by atoms with van der Waals surface area (Å²) in [6.45, 7) is 4.31. The lowest BCUT2D eigenvalue weighted by molar-refractivity contribution is -0.145. The van der Waals surface area contributed by atoms with Crippen LogP contribution in [0.5, 0.6) is 0 Å². The van der Waals surface area contributed by atoms with Gasteiger partial charge in [0.1, 0.15) is 11.9 Å². The average molecular weight is 236 g/mol. The fourth-order valence-electron chi connectivity index (χ4n) is 4.30. The predicted molar refractivity (Wildman–Crippen MR) is 62.2 cm³/mol. The third kappa shape index (κ3) is 1.54. The number of esters is 1. The van der Waals surface area contributed by atoms with Crippen molar-refractivity contribution in [2.45, 2.75) is 52.1 Å². The first-order valence-corrected chi connectivity index (χ1v) is 6.74. The van der Waals surface area contributed by atoms with Gasteiger partial charge in [0, 0.05) is 18.3 Å². The van der Waals surface area contributed by atoms with E-state index in [1.165, 1.54) is 0 Å². The molecule has 17 heavy (non-hydrogen) atoms. The molecule has 0 aromatic rings. The Balaban J connectivity index is 2.00. The Morgan fingerprint density at radius 2 is 2.00 bits per heavy atom. The lowest BCUT2D eigenvalue weighted by Gasteiger charge is -2.32. The van der Waals surface area contributed by atoms with Crippen LogP contribution in [0.1, 0.15) is 46.0 Å². The molecule has 2 saturated carbocycles. The summed E-state index contributed by atoms with van der Waals surface area (Å²) in [5, 5.41) is 0. The third-order valence-electron chi connectivity index (χ3n) is 4.95. The van der Waals surface area contributed by atoms with Crippen LogP contribution in [0.25, 0.3) is 0 Å². The highest BCUT2D eigenvalue weighted by Crippen LogP contribution is 2.56. The summed E-state index contributed by atoms with van der Waals surface area (Å²) in [6.07, 6.45) is 4.40. The van der Waals surface area contributed by atoms with E-state index in [4.69, 9.17) is 4.74 Å². The van der Waals surface area contributed by atoms with Crippen LogP contribution in [0.15, 0.2) is 0 Å². The Morgan fingerprint density at radius 3 is 2.76 bits per heavy atom. The molecule has 0 amide bonds. The van der Waals surface area contributed by atoms with Crippen molar-refractivity contribution >= 4 is 11.8 Å². The van der Waals surface area contributed by atoms with Gasteiger partial charge in [-0.15, -0.1) is 0 Å². The maximum absolute atomic E-state index is 12.3. The molecule has 1 saturated heterocycles. The summed E-state index contributed by atoms with van der Waals surface area (Å²) in [4.78, 5) is 24.2. The van der Waals surface area contributed by atoms with Crippen LogP contribution in [0.4, 0.5) is 0 Å². The minimum atomic E-state index is -0.0461. The standard InChI is InChI=1S/C14H20O3/c1-14(2)7-10-11-8(13(16)17-10)5-3-4-6-9(15)12(11)14/h8,10-12H,3-7H2,1-2H3/t8-,10+,11+,12+/m0/s1. The Bertz CT molecular complexity index is 372. The number of rotatable bonds is 0. The number of carbonyl (C=O) groups is 2. The minimum absolute atomic E-state index is 0.00269. The zero-order valence-corrected chi connectivity index (χ0v) is 10.6. The molecule has 94 valence electrons. The largest absolute Gasteiger partial charge is 0.462 e. The van der Waals surface area contributed by atoms with Crippen molar-refractivity contribution in [3.05, 3.63) is 0 Å². The molecule has 0 bridgehead atoms. The summed E-state index contributed by atoms with van der Waals surface area (Å²) < 4.78 is 5.50. The molecule has 3 nitrogen and oxygen atoms in total.